The molecule has 1 aromatic carbocycles. The van der Waals surface area contributed by atoms with Gasteiger partial charge in [-0.1, -0.05) is 0 Å². The molecule has 0 fully saturated rings. The lowest BCUT2D eigenvalue weighted by molar-refractivity contribution is -0.132. The summed E-state index contributed by atoms with van der Waals surface area (Å²) in [5.74, 6) is -1.37. The molecular formula is C11H12O5. The first kappa shape index (κ1) is 12.0. The molecule has 86 valence electrons. The van der Waals surface area contributed by atoms with Crippen molar-refractivity contribution in [3.05, 3.63) is 23.8 Å². The van der Waals surface area contributed by atoms with Crippen molar-refractivity contribution < 1.29 is 24.2 Å². The van der Waals surface area contributed by atoms with Crippen molar-refractivity contribution >= 4 is 11.9 Å². The average Bonchev–Trinajstić information content (AvgIpc) is 2.21. The van der Waals surface area contributed by atoms with Crippen LogP contribution in [0.5, 0.6) is 11.5 Å². The summed E-state index contributed by atoms with van der Waals surface area (Å²) >= 11 is 0. The van der Waals surface area contributed by atoms with E-state index in [1.165, 1.54) is 25.1 Å². The number of phenols is 1. The van der Waals surface area contributed by atoms with E-state index in [0.717, 1.165) is 0 Å². The average molecular weight is 224 g/mol. The minimum absolute atomic E-state index is 0.0574. The molecule has 0 aliphatic heterocycles. The van der Waals surface area contributed by atoms with Gasteiger partial charge in [-0.15, -0.1) is 0 Å². The van der Waals surface area contributed by atoms with Crippen molar-refractivity contribution in [1.82, 2.24) is 0 Å². The summed E-state index contributed by atoms with van der Waals surface area (Å²) in [7, 11) is 0. The lowest BCUT2D eigenvalue weighted by Gasteiger charge is -2.06. The summed E-state index contributed by atoms with van der Waals surface area (Å²) in [6.45, 7) is 3.14. The second-order valence-electron chi connectivity index (χ2n) is 3.00. The number of carbonyl (C=O) groups excluding carboxylic acids is 2. The van der Waals surface area contributed by atoms with Gasteiger partial charge in [0.15, 0.2) is 11.5 Å². The van der Waals surface area contributed by atoms with Gasteiger partial charge >= 0.3 is 11.9 Å². The van der Waals surface area contributed by atoms with Gasteiger partial charge in [0.05, 0.1) is 12.2 Å². The van der Waals surface area contributed by atoms with E-state index < -0.39 is 11.9 Å². The van der Waals surface area contributed by atoms with Gasteiger partial charge in [-0.2, -0.15) is 0 Å². The SMILES string of the molecule is CCOC(=O)c1ccc(O)c(OC(C)=O)c1. The molecule has 0 amide bonds. The van der Waals surface area contributed by atoms with E-state index >= 15 is 0 Å². The van der Waals surface area contributed by atoms with Gasteiger partial charge in [0, 0.05) is 6.92 Å². The molecule has 1 N–H and O–H groups in total. The molecule has 0 radical (unpaired) electrons. The number of aromatic hydroxyl groups is 1. The van der Waals surface area contributed by atoms with Gasteiger partial charge in [0.2, 0.25) is 0 Å². The van der Waals surface area contributed by atoms with E-state index in [1.807, 2.05) is 0 Å². The normalized spacial score (nSPS) is 9.62. The lowest BCUT2D eigenvalue weighted by Crippen LogP contribution is -2.06. The van der Waals surface area contributed by atoms with Crippen LogP contribution in [0.25, 0.3) is 0 Å². The summed E-state index contributed by atoms with van der Waals surface area (Å²) in [6, 6.07) is 3.92. The highest BCUT2D eigenvalue weighted by Gasteiger charge is 2.12. The van der Waals surface area contributed by atoms with Gasteiger partial charge in [-0.3, -0.25) is 4.79 Å². The highest BCUT2D eigenvalue weighted by Crippen LogP contribution is 2.27. The smallest absolute Gasteiger partial charge is 0.338 e. The summed E-state index contributed by atoms with van der Waals surface area (Å²) < 4.78 is 9.48. The third-order valence-electron chi connectivity index (χ3n) is 1.72. The molecular weight excluding hydrogens is 212 g/mol. The zero-order valence-electron chi connectivity index (χ0n) is 9.02. The number of rotatable bonds is 3. The van der Waals surface area contributed by atoms with E-state index in [2.05, 4.69) is 0 Å². The number of benzene rings is 1. The van der Waals surface area contributed by atoms with Crippen LogP contribution in [0.2, 0.25) is 0 Å². The van der Waals surface area contributed by atoms with Crippen LogP contribution in [0.1, 0.15) is 24.2 Å². The Morgan fingerprint density at radius 1 is 1.38 bits per heavy atom. The first-order valence-corrected chi connectivity index (χ1v) is 4.73. The van der Waals surface area contributed by atoms with Gasteiger partial charge in [0.1, 0.15) is 0 Å². The molecule has 5 nitrogen and oxygen atoms in total. The van der Waals surface area contributed by atoms with Gasteiger partial charge in [-0.05, 0) is 25.1 Å². The first-order chi connectivity index (χ1) is 7.54. The Balaban J connectivity index is 2.97. The topological polar surface area (TPSA) is 72.8 Å². The van der Waals surface area contributed by atoms with Crippen molar-refractivity contribution in [2.45, 2.75) is 13.8 Å². The van der Waals surface area contributed by atoms with Crippen LogP contribution in [-0.4, -0.2) is 23.7 Å². The number of hydrogen-bond acceptors (Lipinski definition) is 5. The van der Waals surface area contributed by atoms with Gasteiger partial charge in [0.25, 0.3) is 0 Å². The molecule has 0 saturated heterocycles. The zero-order chi connectivity index (χ0) is 12.1. The van der Waals surface area contributed by atoms with Crippen LogP contribution in [0, 0.1) is 0 Å². The molecule has 0 bridgehead atoms. The summed E-state index contributed by atoms with van der Waals surface area (Å²) in [5.41, 5.74) is 0.218. The zero-order valence-corrected chi connectivity index (χ0v) is 9.02. The van der Waals surface area contributed by atoms with Gasteiger partial charge < -0.3 is 14.6 Å². The maximum absolute atomic E-state index is 11.3. The summed E-state index contributed by atoms with van der Waals surface area (Å²) in [6.07, 6.45) is 0. The Hall–Kier alpha value is -2.04. The second kappa shape index (κ2) is 5.16. The van der Waals surface area contributed by atoms with Crippen LogP contribution in [0.3, 0.4) is 0 Å². The first-order valence-electron chi connectivity index (χ1n) is 4.73. The van der Waals surface area contributed by atoms with E-state index in [9.17, 15) is 14.7 Å². The predicted octanol–water partition coefficient (Wildman–Crippen LogP) is 1.49. The van der Waals surface area contributed by atoms with Crippen LogP contribution in [0.15, 0.2) is 18.2 Å². The fourth-order valence-electron chi connectivity index (χ4n) is 1.09. The molecule has 0 unspecified atom stereocenters. The molecule has 1 rings (SSSR count). The fraction of sp³-hybridized carbons (Fsp3) is 0.273. The van der Waals surface area contributed by atoms with Crippen molar-refractivity contribution in [2.75, 3.05) is 6.61 Å². The Bertz CT molecular complexity index is 411. The van der Waals surface area contributed by atoms with Crippen LogP contribution in [0.4, 0.5) is 0 Å². The minimum atomic E-state index is -0.573. The Morgan fingerprint density at radius 3 is 2.62 bits per heavy atom. The number of hydrogen-bond donors (Lipinski definition) is 1. The Kier molecular flexibility index (Phi) is 3.88. The number of carbonyl (C=O) groups is 2. The monoisotopic (exact) mass is 224 g/mol. The van der Waals surface area contributed by atoms with Crippen molar-refractivity contribution in [3.8, 4) is 11.5 Å². The molecule has 0 aliphatic carbocycles. The fourth-order valence-corrected chi connectivity index (χ4v) is 1.09. The number of ether oxygens (including phenoxy) is 2. The van der Waals surface area contributed by atoms with Crippen LogP contribution >= 0.6 is 0 Å². The lowest BCUT2D eigenvalue weighted by atomic mass is 10.2. The summed E-state index contributed by atoms with van der Waals surface area (Å²) in [4.78, 5) is 22.1. The van der Waals surface area contributed by atoms with Crippen molar-refractivity contribution in [3.63, 3.8) is 0 Å². The highest BCUT2D eigenvalue weighted by molar-refractivity contribution is 5.90. The Labute approximate surface area is 92.6 Å². The number of phenolic OH excluding ortho intramolecular Hbond substituents is 1. The van der Waals surface area contributed by atoms with Crippen LogP contribution in [-0.2, 0) is 9.53 Å². The van der Waals surface area contributed by atoms with Crippen LogP contribution < -0.4 is 4.74 Å². The molecule has 0 saturated carbocycles. The second-order valence-corrected chi connectivity index (χ2v) is 3.00. The maximum Gasteiger partial charge on any atom is 0.338 e. The molecule has 0 spiro atoms. The molecule has 1 aromatic rings. The quantitative estimate of drug-likeness (QED) is 0.622. The predicted molar refractivity (Wildman–Crippen MR) is 55.4 cm³/mol. The third kappa shape index (κ3) is 2.98. The van der Waals surface area contributed by atoms with Crippen molar-refractivity contribution in [1.29, 1.82) is 0 Å². The Morgan fingerprint density at radius 2 is 2.06 bits per heavy atom. The maximum atomic E-state index is 11.3. The highest BCUT2D eigenvalue weighted by atomic mass is 16.5. The van der Waals surface area contributed by atoms with E-state index in [0.29, 0.717) is 0 Å². The standard InChI is InChI=1S/C11H12O5/c1-3-15-11(14)8-4-5-9(13)10(6-8)16-7(2)12/h4-6,13H,3H2,1-2H3. The van der Waals surface area contributed by atoms with Crippen molar-refractivity contribution in [2.24, 2.45) is 0 Å². The molecule has 0 heterocycles. The minimum Gasteiger partial charge on any atom is -0.504 e. The van der Waals surface area contributed by atoms with E-state index in [-0.39, 0.29) is 23.7 Å². The molecule has 16 heavy (non-hydrogen) atoms. The van der Waals surface area contributed by atoms with E-state index in [1.54, 1.807) is 6.92 Å². The third-order valence-corrected chi connectivity index (χ3v) is 1.72. The number of esters is 2. The molecule has 0 aliphatic rings. The summed E-state index contributed by atoms with van der Waals surface area (Å²) in [5, 5.41) is 9.37. The largest absolute Gasteiger partial charge is 0.504 e. The van der Waals surface area contributed by atoms with E-state index in [4.69, 9.17) is 9.47 Å². The molecule has 0 aromatic heterocycles. The molecule has 5 heteroatoms. The molecule has 0 atom stereocenters. The van der Waals surface area contributed by atoms with Gasteiger partial charge in [-0.25, -0.2) is 4.79 Å².